The molecule has 1 saturated heterocycles. The molecule has 30 heavy (non-hydrogen) atoms. The minimum Gasteiger partial charge on any atom is -0.378 e. The average molecular weight is 436 g/mol. The smallest absolute Gasteiger partial charge is 0.248 e. The van der Waals surface area contributed by atoms with E-state index in [9.17, 15) is 17.6 Å². The Labute approximate surface area is 176 Å². The molecular weight excluding hydrogens is 409 g/mol. The molecule has 3 rings (SSSR count). The summed E-state index contributed by atoms with van der Waals surface area (Å²) in [6.07, 6.45) is 1.28. The zero-order valence-corrected chi connectivity index (χ0v) is 17.9. The van der Waals surface area contributed by atoms with Crippen LogP contribution in [0.2, 0.25) is 0 Å². The van der Waals surface area contributed by atoms with E-state index >= 15 is 0 Å². The molecule has 0 spiro atoms. The largest absolute Gasteiger partial charge is 0.378 e. The average Bonchev–Trinajstić information content (AvgIpc) is 2.73. The van der Waals surface area contributed by atoms with Crippen LogP contribution in [0.5, 0.6) is 0 Å². The van der Waals surface area contributed by atoms with Gasteiger partial charge in [0.2, 0.25) is 15.9 Å². The Balaban J connectivity index is 1.77. The maximum Gasteiger partial charge on any atom is 0.248 e. The number of ether oxygens (including phenoxy) is 1. The van der Waals surface area contributed by atoms with Crippen molar-refractivity contribution in [2.24, 2.45) is 0 Å². The molecule has 1 fully saturated rings. The van der Waals surface area contributed by atoms with Crippen LogP contribution in [0.3, 0.4) is 0 Å². The van der Waals surface area contributed by atoms with Crippen LogP contribution >= 0.6 is 0 Å². The van der Waals surface area contributed by atoms with Crippen LogP contribution in [0, 0.1) is 5.82 Å². The third-order valence-electron chi connectivity index (χ3n) is 4.92. The topological polar surface area (TPSA) is 79.0 Å². The van der Waals surface area contributed by atoms with Gasteiger partial charge in [-0.1, -0.05) is 6.92 Å². The monoisotopic (exact) mass is 435 g/mol. The van der Waals surface area contributed by atoms with Crippen LogP contribution in [-0.4, -0.2) is 52.9 Å². The molecule has 9 heteroatoms. The fraction of sp³-hybridized carbons (Fsp3) is 0.381. The highest BCUT2D eigenvalue weighted by atomic mass is 32.2. The van der Waals surface area contributed by atoms with Crippen molar-refractivity contribution in [3.63, 3.8) is 0 Å². The van der Waals surface area contributed by atoms with Crippen molar-refractivity contribution in [3.05, 3.63) is 54.3 Å². The summed E-state index contributed by atoms with van der Waals surface area (Å²) in [5.41, 5.74) is 1.85. The van der Waals surface area contributed by atoms with Gasteiger partial charge in [-0.25, -0.2) is 12.8 Å². The van der Waals surface area contributed by atoms with Crippen molar-refractivity contribution in [1.82, 2.24) is 0 Å². The van der Waals surface area contributed by atoms with Gasteiger partial charge in [0.05, 0.1) is 25.2 Å². The lowest BCUT2D eigenvalue weighted by Crippen LogP contribution is -2.47. The summed E-state index contributed by atoms with van der Waals surface area (Å²) < 4.78 is 44.5. The van der Waals surface area contributed by atoms with E-state index in [1.165, 1.54) is 24.3 Å². The molecule has 1 amide bonds. The fourth-order valence-corrected chi connectivity index (χ4v) is 4.66. The maximum absolute atomic E-state index is 13.3. The summed E-state index contributed by atoms with van der Waals surface area (Å²) in [6, 6.07) is 11.5. The van der Waals surface area contributed by atoms with Gasteiger partial charge >= 0.3 is 0 Å². The Bertz CT molecular complexity index is 959. The maximum atomic E-state index is 13.3. The SMILES string of the molecule is CC[C@H](C(=O)Nc1ccc(N2CCOCC2)cc1)N(c1ccc(F)cc1)S(C)(=O)=O. The van der Waals surface area contributed by atoms with E-state index in [4.69, 9.17) is 4.74 Å². The van der Waals surface area contributed by atoms with Crippen molar-refractivity contribution in [1.29, 1.82) is 0 Å². The van der Waals surface area contributed by atoms with Crippen LogP contribution in [0.25, 0.3) is 0 Å². The van der Waals surface area contributed by atoms with E-state index in [0.29, 0.717) is 18.9 Å². The van der Waals surface area contributed by atoms with Crippen molar-refractivity contribution >= 4 is 33.0 Å². The number of carbonyl (C=O) groups excluding carboxylic acids is 1. The second-order valence-corrected chi connectivity index (χ2v) is 8.95. The van der Waals surface area contributed by atoms with Crippen LogP contribution < -0.4 is 14.5 Å². The molecular formula is C21H26FN3O4S. The van der Waals surface area contributed by atoms with E-state index in [2.05, 4.69) is 10.2 Å². The highest BCUT2D eigenvalue weighted by molar-refractivity contribution is 7.92. The second kappa shape index (κ2) is 9.44. The molecule has 0 aliphatic carbocycles. The normalized spacial score (nSPS) is 15.5. The molecule has 0 aromatic heterocycles. The predicted octanol–water partition coefficient (Wildman–Crippen LogP) is 2.85. The van der Waals surface area contributed by atoms with Gasteiger partial charge in [0.1, 0.15) is 11.9 Å². The number of halogens is 1. The van der Waals surface area contributed by atoms with Crippen LogP contribution in [0.4, 0.5) is 21.5 Å². The Morgan fingerprint density at radius 2 is 1.73 bits per heavy atom. The van der Waals surface area contributed by atoms with Gasteiger partial charge in [0.15, 0.2) is 0 Å². The van der Waals surface area contributed by atoms with Gasteiger partial charge in [0, 0.05) is 24.5 Å². The Kier molecular flexibility index (Phi) is 6.94. The Hall–Kier alpha value is -2.65. The summed E-state index contributed by atoms with van der Waals surface area (Å²) in [7, 11) is -3.77. The highest BCUT2D eigenvalue weighted by Gasteiger charge is 2.31. The van der Waals surface area contributed by atoms with Gasteiger partial charge in [0.25, 0.3) is 0 Å². The second-order valence-electron chi connectivity index (χ2n) is 7.09. The highest BCUT2D eigenvalue weighted by Crippen LogP contribution is 2.24. The Morgan fingerprint density at radius 1 is 1.13 bits per heavy atom. The molecule has 2 aromatic carbocycles. The van der Waals surface area contributed by atoms with E-state index in [0.717, 1.165) is 29.3 Å². The first-order chi connectivity index (χ1) is 14.3. The number of rotatable bonds is 7. The molecule has 0 radical (unpaired) electrons. The first-order valence-corrected chi connectivity index (χ1v) is 11.6. The molecule has 0 unspecified atom stereocenters. The standard InChI is InChI=1S/C21H26FN3O4S/c1-3-20(25(30(2,27)28)19-8-4-16(22)5-9-19)21(26)23-17-6-10-18(11-7-17)24-12-14-29-15-13-24/h4-11,20H,3,12-15H2,1-2H3,(H,23,26)/t20-/m1/s1. The van der Waals surface area contributed by atoms with Crippen molar-refractivity contribution in [2.75, 3.05) is 47.1 Å². The van der Waals surface area contributed by atoms with Crippen LogP contribution in [0.15, 0.2) is 48.5 Å². The molecule has 1 N–H and O–H groups in total. The zero-order chi connectivity index (χ0) is 21.7. The minimum atomic E-state index is -3.77. The molecule has 2 aromatic rings. The van der Waals surface area contributed by atoms with E-state index in [1.54, 1.807) is 19.1 Å². The summed E-state index contributed by atoms with van der Waals surface area (Å²) in [5.74, 6) is -0.934. The number of benzene rings is 2. The van der Waals surface area contributed by atoms with Gasteiger partial charge in [-0.05, 0) is 55.0 Å². The summed E-state index contributed by atoms with van der Waals surface area (Å²) in [4.78, 5) is 15.1. The summed E-state index contributed by atoms with van der Waals surface area (Å²) in [6.45, 7) is 4.71. The number of carbonyl (C=O) groups is 1. The first kappa shape index (κ1) is 22.0. The molecule has 0 bridgehead atoms. The van der Waals surface area contributed by atoms with Gasteiger partial charge in [-0.2, -0.15) is 0 Å². The molecule has 0 saturated carbocycles. The van der Waals surface area contributed by atoms with E-state index < -0.39 is 27.8 Å². The van der Waals surface area contributed by atoms with Crippen molar-refractivity contribution in [3.8, 4) is 0 Å². The van der Waals surface area contributed by atoms with E-state index in [1.807, 2.05) is 12.1 Å². The fourth-order valence-electron chi connectivity index (χ4n) is 3.45. The van der Waals surface area contributed by atoms with E-state index in [-0.39, 0.29) is 12.1 Å². The number of nitrogens with one attached hydrogen (secondary N) is 1. The number of hydrogen-bond acceptors (Lipinski definition) is 5. The number of amides is 1. The third-order valence-corrected chi connectivity index (χ3v) is 6.10. The zero-order valence-electron chi connectivity index (χ0n) is 17.0. The summed E-state index contributed by atoms with van der Waals surface area (Å²) in [5, 5.41) is 2.79. The Morgan fingerprint density at radius 3 is 2.27 bits per heavy atom. The first-order valence-electron chi connectivity index (χ1n) is 9.78. The van der Waals surface area contributed by atoms with Crippen LogP contribution in [-0.2, 0) is 19.6 Å². The predicted molar refractivity (Wildman–Crippen MR) is 116 cm³/mol. The number of sulfonamides is 1. The lowest BCUT2D eigenvalue weighted by atomic mass is 10.1. The number of anilines is 3. The molecule has 1 aliphatic heterocycles. The van der Waals surface area contributed by atoms with Gasteiger partial charge in [-0.15, -0.1) is 0 Å². The van der Waals surface area contributed by atoms with Gasteiger partial charge in [-0.3, -0.25) is 9.10 Å². The molecule has 1 aliphatic rings. The molecule has 162 valence electrons. The lowest BCUT2D eigenvalue weighted by Gasteiger charge is -2.30. The number of nitrogens with zero attached hydrogens (tertiary/aromatic N) is 2. The van der Waals surface area contributed by atoms with Gasteiger partial charge < -0.3 is 15.0 Å². The number of morpholine rings is 1. The molecule has 1 heterocycles. The third kappa shape index (κ3) is 5.28. The van der Waals surface area contributed by atoms with Crippen LogP contribution in [0.1, 0.15) is 13.3 Å². The summed E-state index contributed by atoms with van der Waals surface area (Å²) >= 11 is 0. The number of hydrogen-bond donors (Lipinski definition) is 1. The van der Waals surface area contributed by atoms with Crippen molar-refractivity contribution in [2.45, 2.75) is 19.4 Å². The molecule has 1 atom stereocenters. The van der Waals surface area contributed by atoms with Crippen molar-refractivity contribution < 1.29 is 22.3 Å². The lowest BCUT2D eigenvalue weighted by molar-refractivity contribution is -0.117. The molecule has 7 nitrogen and oxygen atoms in total. The quantitative estimate of drug-likeness (QED) is 0.724. The minimum absolute atomic E-state index is 0.239.